The van der Waals surface area contributed by atoms with E-state index in [2.05, 4.69) is 4.98 Å². The zero-order valence-electron chi connectivity index (χ0n) is 6.31. The van der Waals surface area contributed by atoms with Crippen molar-refractivity contribution in [1.29, 1.82) is 0 Å². The van der Waals surface area contributed by atoms with E-state index in [-0.39, 0.29) is 14.9 Å². The lowest BCUT2D eigenvalue weighted by atomic mass is 9.82. The summed E-state index contributed by atoms with van der Waals surface area (Å²) in [6.45, 7) is 0. The van der Waals surface area contributed by atoms with Crippen molar-refractivity contribution in [2.24, 2.45) is 0 Å². The van der Waals surface area contributed by atoms with E-state index in [0.717, 1.165) is 0 Å². The number of hydrogen-bond acceptors (Lipinski definition) is 4. The molecule has 0 fully saturated rings. The number of rotatable bonds is 2. The minimum Gasteiger partial charge on any atom is -0.477 e. The van der Waals surface area contributed by atoms with Gasteiger partial charge < -0.3 is 15.2 Å². The first-order valence-electron chi connectivity index (χ1n) is 3.28. The molecule has 1 aromatic heterocycles. The molecule has 0 bridgehead atoms. The van der Waals surface area contributed by atoms with Crippen LogP contribution in [0.1, 0.15) is 10.5 Å². The summed E-state index contributed by atoms with van der Waals surface area (Å²) in [6.07, 6.45) is 0. The summed E-state index contributed by atoms with van der Waals surface area (Å²) in [7, 11) is -1.62. The third kappa shape index (κ3) is 2.39. The van der Waals surface area contributed by atoms with Crippen LogP contribution in [0.2, 0.25) is 0 Å². The van der Waals surface area contributed by atoms with E-state index in [4.69, 9.17) is 15.2 Å². The molecule has 0 aliphatic heterocycles. The van der Waals surface area contributed by atoms with E-state index in [1.54, 1.807) is 22.6 Å². The highest BCUT2D eigenvalue weighted by Gasteiger charge is 2.17. The molecule has 7 heteroatoms. The Hall–Kier alpha value is -0.665. The van der Waals surface area contributed by atoms with E-state index >= 15 is 0 Å². The maximum absolute atomic E-state index is 10.4. The fourth-order valence-electron chi connectivity index (χ4n) is 0.757. The molecule has 0 unspecified atom stereocenters. The lowest BCUT2D eigenvalue weighted by Crippen LogP contribution is -2.33. The van der Waals surface area contributed by atoms with Gasteiger partial charge >= 0.3 is 13.1 Å². The molecule has 13 heavy (non-hydrogen) atoms. The molecule has 0 aromatic carbocycles. The topological polar surface area (TPSA) is 90.7 Å². The Morgan fingerprint density at radius 2 is 2.08 bits per heavy atom. The molecule has 0 amide bonds. The monoisotopic (exact) mass is 293 g/mol. The van der Waals surface area contributed by atoms with Crippen molar-refractivity contribution < 1.29 is 19.9 Å². The predicted molar refractivity (Wildman–Crippen MR) is 53.7 cm³/mol. The van der Waals surface area contributed by atoms with Gasteiger partial charge in [0.05, 0.1) is 0 Å². The maximum Gasteiger partial charge on any atom is 0.491 e. The number of carboxylic acid groups (broad SMARTS) is 1. The van der Waals surface area contributed by atoms with Crippen LogP contribution in [-0.4, -0.2) is 33.2 Å². The summed E-state index contributed by atoms with van der Waals surface area (Å²) >= 11 is 1.74. The summed E-state index contributed by atoms with van der Waals surface area (Å²) in [5.74, 6) is -1.14. The first kappa shape index (κ1) is 10.4. The zero-order valence-corrected chi connectivity index (χ0v) is 8.46. The second kappa shape index (κ2) is 4.03. The predicted octanol–water partition coefficient (Wildman–Crippen LogP) is -0.936. The van der Waals surface area contributed by atoms with Crippen molar-refractivity contribution in [3.8, 4) is 0 Å². The van der Waals surface area contributed by atoms with Gasteiger partial charge in [-0.2, -0.15) is 0 Å². The maximum atomic E-state index is 10.4. The molecule has 68 valence electrons. The SMILES string of the molecule is O=C(O)c1ccc(B(O)O)c(I)n1. The molecular formula is C6H5BINO4. The second-order valence-electron chi connectivity index (χ2n) is 2.26. The number of hydrogen-bond donors (Lipinski definition) is 3. The lowest BCUT2D eigenvalue weighted by Gasteiger charge is -2.02. The van der Waals surface area contributed by atoms with Gasteiger partial charge in [0.1, 0.15) is 9.39 Å². The fourth-order valence-corrected chi connectivity index (χ4v) is 1.47. The van der Waals surface area contributed by atoms with Gasteiger partial charge in [-0.3, -0.25) is 0 Å². The third-order valence-corrected chi connectivity index (χ3v) is 2.24. The van der Waals surface area contributed by atoms with Gasteiger partial charge in [0.25, 0.3) is 0 Å². The fraction of sp³-hybridized carbons (Fsp3) is 0. The van der Waals surface area contributed by atoms with Crippen LogP contribution in [0.25, 0.3) is 0 Å². The number of carboxylic acids is 1. The van der Waals surface area contributed by atoms with Gasteiger partial charge in [0.15, 0.2) is 0 Å². The van der Waals surface area contributed by atoms with Crippen LogP contribution in [0, 0.1) is 3.70 Å². The van der Waals surface area contributed by atoms with Crippen LogP contribution >= 0.6 is 22.6 Å². The highest BCUT2D eigenvalue weighted by Crippen LogP contribution is 2.01. The van der Waals surface area contributed by atoms with E-state index in [0.29, 0.717) is 0 Å². The van der Waals surface area contributed by atoms with Crippen molar-refractivity contribution >= 4 is 41.1 Å². The van der Waals surface area contributed by atoms with Crippen LogP contribution in [0.15, 0.2) is 12.1 Å². The second-order valence-corrected chi connectivity index (χ2v) is 3.28. The molecular weight excluding hydrogens is 288 g/mol. The highest BCUT2D eigenvalue weighted by molar-refractivity contribution is 14.1. The van der Waals surface area contributed by atoms with Crippen LogP contribution in [0.5, 0.6) is 0 Å². The Kier molecular flexibility index (Phi) is 3.23. The summed E-state index contributed by atoms with van der Waals surface area (Å²) in [5.41, 5.74) is 0.0828. The highest BCUT2D eigenvalue weighted by atomic mass is 127. The summed E-state index contributed by atoms with van der Waals surface area (Å²) in [5, 5.41) is 26.1. The first-order valence-corrected chi connectivity index (χ1v) is 4.36. The molecule has 0 aliphatic rings. The van der Waals surface area contributed by atoms with Gasteiger partial charge in [0, 0.05) is 5.46 Å². The number of aromatic nitrogens is 1. The van der Waals surface area contributed by atoms with Crippen molar-refractivity contribution in [1.82, 2.24) is 4.98 Å². The van der Waals surface area contributed by atoms with Crippen LogP contribution in [-0.2, 0) is 0 Å². The molecule has 0 saturated carbocycles. The molecule has 3 N–H and O–H groups in total. The summed E-state index contributed by atoms with van der Waals surface area (Å²) in [4.78, 5) is 14.1. The summed E-state index contributed by atoms with van der Waals surface area (Å²) < 4.78 is 0.271. The third-order valence-electron chi connectivity index (χ3n) is 1.37. The largest absolute Gasteiger partial charge is 0.491 e. The van der Waals surface area contributed by atoms with Gasteiger partial charge in [-0.1, -0.05) is 6.07 Å². The number of halogens is 1. The van der Waals surface area contributed by atoms with Crippen molar-refractivity contribution in [2.75, 3.05) is 0 Å². The molecule has 1 rings (SSSR count). The number of nitrogens with zero attached hydrogens (tertiary/aromatic N) is 1. The normalized spacial score (nSPS) is 9.77. The molecule has 1 aromatic rings. The van der Waals surface area contributed by atoms with Gasteiger partial charge in [-0.15, -0.1) is 0 Å². The van der Waals surface area contributed by atoms with Crippen molar-refractivity contribution in [2.45, 2.75) is 0 Å². The molecule has 0 saturated heterocycles. The molecule has 0 aliphatic carbocycles. The van der Waals surface area contributed by atoms with Gasteiger partial charge in [0.2, 0.25) is 0 Å². The number of pyridine rings is 1. The Balaban J connectivity index is 3.13. The lowest BCUT2D eigenvalue weighted by molar-refractivity contribution is 0.0690. The van der Waals surface area contributed by atoms with Crippen LogP contribution in [0.3, 0.4) is 0 Å². The standard InChI is InChI=1S/C6H5BINO4/c8-5-3(7(12)13)1-2-4(9-5)6(10)11/h1-2,12-13H,(H,10,11). The van der Waals surface area contributed by atoms with Gasteiger partial charge in [-0.25, -0.2) is 9.78 Å². The Morgan fingerprint density at radius 3 is 2.46 bits per heavy atom. The molecule has 1 heterocycles. The minimum atomic E-state index is -1.62. The van der Waals surface area contributed by atoms with Crippen molar-refractivity contribution in [3.05, 3.63) is 21.5 Å². The van der Waals surface area contributed by atoms with Crippen LogP contribution < -0.4 is 5.46 Å². The Bertz CT molecular complexity index is 343. The van der Waals surface area contributed by atoms with Gasteiger partial charge in [-0.05, 0) is 28.7 Å². The minimum absolute atomic E-state index is 0.117. The smallest absolute Gasteiger partial charge is 0.477 e. The molecule has 0 atom stereocenters. The Labute approximate surface area is 87.7 Å². The number of aromatic carboxylic acids is 1. The first-order chi connectivity index (χ1) is 6.02. The number of carbonyl (C=O) groups is 1. The molecule has 0 spiro atoms. The van der Waals surface area contributed by atoms with E-state index < -0.39 is 13.1 Å². The Morgan fingerprint density at radius 1 is 1.46 bits per heavy atom. The summed E-state index contributed by atoms with van der Waals surface area (Å²) in [6, 6.07) is 2.54. The van der Waals surface area contributed by atoms with Crippen LogP contribution in [0.4, 0.5) is 0 Å². The van der Waals surface area contributed by atoms with E-state index in [9.17, 15) is 4.79 Å². The average molecular weight is 293 g/mol. The molecule has 0 radical (unpaired) electrons. The molecule has 5 nitrogen and oxygen atoms in total. The quantitative estimate of drug-likeness (QED) is 0.372. The van der Waals surface area contributed by atoms with E-state index in [1.165, 1.54) is 12.1 Å². The van der Waals surface area contributed by atoms with Crippen molar-refractivity contribution in [3.63, 3.8) is 0 Å². The average Bonchev–Trinajstić information content (AvgIpc) is 2.03. The van der Waals surface area contributed by atoms with E-state index in [1.807, 2.05) is 0 Å². The zero-order chi connectivity index (χ0) is 10.0.